The molecule has 1 N–H and O–H groups in total. The minimum Gasteiger partial charge on any atom is -0.508 e. The molecule has 0 spiro atoms. The maximum absolute atomic E-state index is 11.2. The number of ether oxygens (including phenoxy) is 3. The fourth-order valence-corrected chi connectivity index (χ4v) is 5.56. The largest absolute Gasteiger partial charge is 0.508 e. The van der Waals surface area contributed by atoms with Crippen LogP contribution >= 0.6 is 11.3 Å². The molecule has 2 aliphatic heterocycles. The summed E-state index contributed by atoms with van der Waals surface area (Å²) in [5, 5.41) is 10.9. The van der Waals surface area contributed by atoms with Gasteiger partial charge in [0.15, 0.2) is 12.0 Å². The normalized spacial score (nSPS) is 18.7. The quantitative estimate of drug-likeness (QED) is 0.402. The minimum absolute atomic E-state index is 0.206. The zero-order valence-electron chi connectivity index (χ0n) is 19.5. The summed E-state index contributed by atoms with van der Waals surface area (Å²) in [5.74, 6) is 2.44. The number of carbonyl (C=O) groups excluding carboxylic acids is 1. The van der Waals surface area contributed by atoms with Crippen LogP contribution in [0.25, 0.3) is 15.7 Å². The molecule has 0 saturated carbocycles. The van der Waals surface area contributed by atoms with E-state index in [1.165, 1.54) is 43.7 Å². The van der Waals surface area contributed by atoms with Gasteiger partial charge in [-0.05, 0) is 80.0 Å². The Hall–Kier alpha value is -3.13. The number of allylic oxidation sites excluding steroid dienone is 2. The van der Waals surface area contributed by atoms with Crippen LogP contribution in [0, 0.1) is 0 Å². The third-order valence-electron chi connectivity index (χ3n) is 6.25. The maximum atomic E-state index is 11.2. The van der Waals surface area contributed by atoms with E-state index in [2.05, 4.69) is 4.90 Å². The van der Waals surface area contributed by atoms with Crippen molar-refractivity contribution >= 4 is 33.3 Å². The summed E-state index contributed by atoms with van der Waals surface area (Å²) in [6, 6.07) is 12.9. The van der Waals surface area contributed by atoms with E-state index >= 15 is 0 Å². The molecule has 182 valence electrons. The van der Waals surface area contributed by atoms with Crippen molar-refractivity contribution in [2.45, 2.75) is 25.4 Å². The van der Waals surface area contributed by atoms with Gasteiger partial charge >= 0.3 is 0 Å². The number of aromatic hydroxyl groups is 1. The lowest BCUT2D eigenvalue weighted by Gasteiger charge is -2.26. The molecule has 0 radical (unpaired) electrons. The Balaban J connectivity index is 1.34. The fraction of sp³-hybridized carbons (Fsp3) is 0.321. The Morgan fingerprint density at radius 1 is 1.09 bits per heavy atom. The van der Waals surface area contributed by atoms with Crippen LogP contribution in [0.15, 0.2) is 60.7 Å². The summed E-state index contributed by atoms with van der Waals surface area (Å²) in [4.78, 5) is 14.5. The first-order valence-electron chi connectivity index (χ1n) is 12.0. The van der Waals surface area contributed by atoms with Gasteiger partial charge in [-0.1, -0.05) is 18.6 Å². The SMILES string of the molecule is O=CC1C=CC(c2sc3cc(O)ccc3c2Oc2ccc(OCCN3CCCCC3)cc2)=CCO1. The molecule has 6 nitrogen and oxygen atoms in total. The van der Waals surface area contributed by atoms with Gasteiger partial charge in [0.1, 0.15) is 30.0 Å². The summed E-state index contributed by atoms with van der Waals surface area (Å²) in [7, 11) is 0. The molecule has 0 aliphatic carbocycles. The highest BCUT2D eigenvalue weighted by molar-refractivity contribution is 7.20. The van der Waals surface area contributed by atoms with Crippen LogP contribution < -0.4 is 9.47 Å². The van der Waals surface area contributed by atoms with Crippen LogP contribution in [0.4, 0.5) is 0 Å². The Kier molecular flexibility index (Phi) is 7.47. The van der Waals surface area contributed by atoms with Gasteiger partial charge in [0.25, 0.3) is 0 Å². The number of phenolic OH excluding ortho intramolecular Hbond substituents is 1. The van der Waals surface area contributed by atoms with Crippen LogP contribution in [0.3, 0.4) is 0 Å². The number of benzene rings is 2. The number of likely N-dealkylation sites (tertiary alicyclic amines) is 1. The topological polar surface area (TPSA) is 68.2 Å². The Labute approximate surface area is 209 Å². The number of aldehydes is 1. The van der Waals surface area contributed by atoms with Crippen LogP contribution in [-0.4, -0.2) is 55.2 Å². The molecule has 0 bridgehead atoms. The summed E-state index contributed by atoms with van der Waals surface area (Å²) >= 11 is 1.53. The van der Waals surface area contributed by atoms with Gasteiger partial charge in [0.2, 0.25) is 0 Å². The third-order valence-corrected chi connectivity index (χ3v) is 7.43. The van der Waals surface area contributed by atoms with E-state index in [4.69, 9.17) is 14.2 Å². The lowest BCUT2D eigenvalue weighted by molar-refractivity contribution is -0.114. The summed E-state index contributed by atoms with van der Waals surface area (Å²) in [5.41, 5.74) is 0.919. The first-order valence-corrected chi connectivity index (χ1v) is 12.9. The van der Waals surface area contributed by atoms with Crippen molar-refractivity contribution < 1.29 is 24.1 Å². The number of carbonyl (C=O) groups is 1. The van der Waals surface area contributed by atoms with Crippen LogP contribution in [0.1, 0.15) is 24.1 Å². The summed E-state index contributed by atoms with van der Waals surface area (Å²) in [6.07, 6.45) is 9.69. The zero-order valence-corrected chi connectivity index (χ0v) is 20.3. The number of rotatable bonds is 8. The predicted molar refractivity (Wildman–Crippen MR) is 139 cm³/mol. The fourth-order valence-electron chi connectivity index (χ4n) is 4.37. The Morgan fingerprint density at radius 2 is 1.89 bits per heavy atom. The molecule has 7 heteroatoms. The van der Waals surface area contributed by atoms with Gasteiger partial charge in [-0.15, -0.1) is 11.3 Å². The van der Waals surface area contributed by atoms with Crippen LogP contribution in [0.2, 0.25) is 0 Å². The van der Waals surface area contributed by atoms with Crippen molar-refractivity contribution in [1.82, 2.24) is 4.90 Å². The molecular weight excluding hydrogens is 462 g/mol. The second-order valence-corrected chi connectivity index (χ2v) is 9.77. The van der Waals surface area contributed by atoms with Crippen molar-refractivity contribution in [3.8, 4) is 23.0 Å². The van der Waals surface area contributed by atoms with E-state index < -0.39 is 6.10 Å². The molecule has 2 aromatic carbocycles. The Bertz CT molecular complexity index is 1220. The predicted octanol–water partition coefficient (Wildman–Crippen LogP) is 5.80. The van der Waals surface area contributed by atoms with Crippen molar-refractivity contribution in [3.63, 3.8) is 0 Å². The van der Waals surface area contributed by atoms with Gasteiger partial charge in [0.05, 0.1) is 11.5 Å². The lowest BCUT2D eigenvalue weighted by Crippen LogP contribution is -2.33. The third kappa shape index (κ3) is 5.75. The van der Waals surface area contributed by atoms with Gasteiger partial charge in [-0.3, -0.25) is 4.90 Å². The van der Waals surface area contributed by atoms with Crippen molar-refractivity contribution in [3.05, 3.63) is 65.6 Å². The first-order chi connectivity index (χ1) is 17.2. The van der Waals surface area contributed by atoms with Crippen molar-refractivity contribution in [1.29, 1.82) is 0 Å². The van der Waals surface area contributed by atoms with Gasteiger partial charge in [-0.2, -0.15) is 0 Å². The molecule has 5 rings (SSSR count). The molecule has 3 heterocycles. The molecular formula is C28H29NO5S. The number of piperidine rings is 1. The van der Waals surface area contributed by atoms with Crippen LogP contribution in [0.5, 0.6) is 23.0 Å². The number of phenols is 1. The molecule has 1 unspecified atom stereocenters. The highest BCUT2D eigenvalue weighted by Gasteiger charge is 2.19. The summed E-state index contributed by atoms with van der Waals surface area (Å²) in [6.45, 7) is 4.28. The second kappa shape index (κ2) is 11.1. The smallest absolute Gasteiger partial charge is 0.153 e. The average Bonchev–Trinajstić information content (AvgIpc) is 3.06. The number of thiophene rings is 1. The Morgan fingerprint density at radius 3 is 2.69 bits per heavy atom. The highest BCUT2D eigenvalue weighted by Crippen LogP contribution is 2.45. The van der Waals surface area contributed by atoms with Crippen molar-refractivity contribution in [2.24, 2.45) is 0 Å². The number of nitrogens with zero attached hydrogens (tertiary/aromatic N) is 1. The van der Waals surface area contributed by atoms with E-state index in [1.54, 1.807) is 18.2 Å². The minimum atomic E-state index is -0.561. The van der Waals surface area contributed by atoms with E-state index in [0.29, 0.717) is 24.7 Å². The number of fused-ring (bicyclic) bond motifs is 1. The molecule has 1 atom stereocenters. The number of hydrogen-bond donors (Lipinski definition) is 1. The molecule has 0 amide bonds. The second-order valence-electron chi connectivity index (χ2n) is 8.72. The molecule has 35 heavy (non-hydrogen) atoms. The molecule has 1 fully saturated rings. The van der Waals surface area contributed by atoms with Crippen molar-refractivity contribution in [2.75, 3.05) is 32.8 Å². The standard InChI is InChI=1S/C28H29NO5S/c30-19-24-6-4-20(12-16-32-24)28-27(25-11-5-21(31)18-26(25)35-28)34-23-9-7-22(8-10-23)33-17-15-29-13-2-1-3-14-29/h4-12,18-19,24,31H,1-3,13-17H2. The van der Waals surface area contributed by atoms with E-state index in [-0.39, 0.29) is 5.75 Å². The molecule has 2 aliphatic rings. The zero-order chi connectivity index (χ0) is 24.0. The number of hydrogen-bond acceptors (Lipinski definition) is 7. The van der Waals surface area contributed by atoms with E-state index in [0.717, 1.165) is 39.1 Å². The van der Waals surface area contributed by atoms with E-state index in [1.807, 2.05) is 42.5 Å². The average molecular weight is 492 g/mol. The highest BCUT2D eigenvalue weighted by atomic mass is 32.1. The molecule has 1 saturated heterocycles. The van der Waals surface area contributed by atoms with E-state index in [9.17, 15) is 9.90 Å². The molecule has 3 aromatic rings. The first kappa shape index (κ1) is 23.6. The monoisotopic (exact) mass is 491 g/mol. The summed E-state index contributed by atoms with van der Waals surface area (Å²) < 4.78 is 18.8. The molecule has 1 aromatic heterocycles. The van der Waals surface area contributed by atoms with Crippen LogP contribution in [-0.2, 0) is 9.53 Å². The van der Waals surface area contributed by atoms with Gasteiger partial charge in [-0.25, -0.2) is 0 Å². The van der Waals surface area contributed by atoms with Gasteiger partial charge < -0.3 is 24.1 Å². The lowest BCUT2D eigenvalue weighted by atomic mass is 10.1. The van der Waals surface area contributed by atoms with Gasteiger partial charge in [0, 0.05) is 16.6 Å². The maximum Gasteiger partial charge on any atom is 0.153 e.